The number of nitrogens with zero attached hydrogens (tertiary/aromatic N) is 6. The summed E-state index contributed by atoms with van der Waals surface area (Å²) in [5, 5.41) is 4.03. The SMILES string of the molecule is O=c1ccc(-c2nc(-c3ccc(C4(C(F)(F)F)CC4)cc3)no2)cn1Cc1ccnc(N2CCN(C3CC3)CC2)c1. The van der Waals surface area contributed by atoms with Crippen LogP contribution < -0.4 is 10.5 Å². The third-order valence-electron chi connectivity index (χ3n) is 8.51. The number of alkyl halides is 3. The molecule has 3 aliphatic rings. The lowest BCUT2D eigenvalue weighted by Crippen LogP contribution is -2.47. The summed E-state index contributed by atoms with van der Waals surface area (Å²) in [5.41, 5.74) is 0.431. The van der Waals surface area contributed by atoms with Gasteiger partial charge in [0.2, 0.25) is 5.82 Å². The van der Waals surface area contributed by atoms with E-state index in [0.717, 1.165) is 43.6 Å². The zero-order chi connectivity index (χ0) is 28.2. The first-order valence-electron chi connectivity index (χ1n) is 14.0. The highest BCUT2D eigenvalue weighted by Gasteiger charge is 2.64. The zero-order valence-corrected chi connectivity index (χ0v) is 22.3. The maximum atomic E-state index is 13.5. The van der Waals surface area contributed by atoms with Crippen molar-refractivity contribution in [2.75, 3.05) is 31.1 Å². The van der Waals surface area contributed by atoms with E-state index in [0.29, 0.717) is 17.7 Å². The molecule has 4 aromatic rings. The quantitative estimate of drug-likeness (QED) is 0.318. The highest BCUT2D eigenvalue weighted by molar-refractivity contribution is 5.60. The standard InChI is InChI=1S/C30H29F3N6O2/c31-30(32,33)29(10-11-29)23-4-1-21(2-5-23)27-35-28(41-36-27)22-3-8-26(40)39(19-22)18-20-9-12-34-25(17-20)38-15-13-37(14-16-38)24-6-7-24/h1-5,8-9,12,17,19,24H,6-7,10-11,13-16,18H2. The average molecular weight is 563 g/mol. The summed E-state index contributed by atoms with van der Waals surface area (Å²) in [4.78, 5) is 26.6. The molecule has 4 heterocycles. The van der Waals surface area contributed by atoms with Gasteiger partial charge in [-0.05, 0) is 55.0 Å². The van der Waals surface area contributed by atoms with Crippen LogP contribution in [0.4, 0.5) is 19.0 Å². The lowest BCUT2D eigenvalue weighted by atomic mass is 9.94. The number of rotatable bonds is 7. The Kier molecular flexibility index (Phi) is 6.22. The fourth-order valence-corrected chi connectivity index (χ4v) is 5.72. The summed E-state index contributed by atoms with van der Waals surface area (Å²) in [6.07, 6.45) is 2.03. The third-order valence-corrected chi connectivity index (χ3v) is 8.51. The van der Waals surface area contributed by atoms with Gasteiger partial charge in [-0.2, -0.15) is 18.2 Å². The van der Waals surface area contributed by atoms with Gasteiger partial charge in [0, 0.05) is 56.2 Å². The van der Waals surface area contributed by atoms with Crippen molar-refractivity contribution in [2.45, 2.75) is 49.9 Å². The molecule has 11 heteroatoms. The van der Waals surface area contributed by atoms with Crippen molar-refractivity contribution in [1.29, 1.82) is 0 Å². The molecule has 2 saturated carbocycles. The predicted molar refractivity (Wildman–Crippen MR) is 147 cm³/mol. The molecule has 8 nitrogen and oxygen atoms in total. The van der Waals surface area contributed by atoms with Gasteiger partial charge in [0.15, 0.2) is 0 Å². The number of hydrogen-bond donors (Lipinski definition) is 0. The van der Waals surface area contributed by atoms with Gasteiger partial charge in [-0.1, -0.05) is 29.4 Å². The fourth-order valence-electron chi connectivity index (χ4n) is 5.72. The molecule has 0 amide bonds. The molecule has 212 valence electrons. The van der Waals surface area contributed by atoms with Crippen LogP contribution in [-0.2, 0) is 12.0 Å². The van der Waals surface area contributed by atoms with Crippen LogP contribution in [0.3, 0.4) is 0 Å². The summed E-state index contributed by atoms with van der Waals surface area (Å²) in [6.45, 7) is 4.32. The van der Waals surface area contributed by atoms with Crippen molar-refractivity contribution in [1.82, 2.24) is 24.6 Å². The van der Waals surface area contributed by atoms with Gasteiger partial charge in [0.05, 0.1) is 17.5 Å². The number of hydrogen-bond acceptors (Lipinski definition) is 7. The number of pyridine rings is 2. The summed E-state index contributed by atoms with van der Waals surface area (Å²) in [6, 6.07) is 13.9. The molecule has 1 aliphatic heterocycles. The number of aromatic nitrogens is 4. The Hall–Kier alpha value is -3.99. The smallest absolute Gasteiger partial charge is 0.354 e. The second-order valence-electron chi connectivity index (χ2n) is 11.2. The topological polar surface area (TPSA) is 80.3 Å². The molecular weight excluding hydrogens is 533 g/mol. The van der Waals surface area contributed by atoms with Crippen LogP contribution in [0.1, 0.15) is 36.8 Å². The number of benzene rings is 1. The Labute approximate surface area is 234 Å². The molecule has 0 atom stereocenters. The Balaban J connectivity index is 1.06. The van der Waals surface area contributed by atoms with E-state index in [9.17, 15) is 18.0 Å². The van der Waals surface area contributed by atoms with Crippen LogP contribution in [0.25, 0.3) is 22.8 Å². The van der Waals surface area contributed by atoms with Crippen LogP contribution in [-0.4, -0.2) is 63.0 Å². The molecule has 3 aromatic heterocycles. The van der Waals surface area contributed by atoms with E-state index < -0.39 is 11.6 Å². The van der Waals surface area contributed by atoms with Crippen molar-refractivity contribution < 1.29 is 17.7 Å². The Morgan fingerprint density at radius 3 is 2.37 bits per heavy atom. The van der Waals surface area contributed by atoms with E-state index in [1.807, 2.05) is 12.1 Å². The molecule has 2 aliphatic carbocycles. The van der Waals surface area contributed by atoms with E-state index in [4.69, 9.17) is 4.52 Å². The lowest BCUT2D eigenvalue weighted by Gasteiger charge is -2.35. The number of anilines is 1. The van der Waals surface area contributed by atoms with Crippen LogP contribution in [0.2, 0.25) is 0 Å². The highest BCUT2D eigenvalue weighted by Crippen LogP contribution is 2.58. The van der Waals surface area contributed by atoms with E-state index in [1.165, 1.54) is 31.0 Å². The highest BCUT2D eigenvalue weighted by atomic mass is 19.4. The van der Waals surface area contributed by atoms with Crippen molar-refractivity contribution >= 4 is 5.82 Å². The third kappa shape index (κ3) is 5.03. The molecule has 0 N–H and O–H groups in total. The maximum absolute atomic E-state index is 13.5. The van der Waals surface area contributed by atoms with E-state index in [1.54, 1.807) is 35.2 Å². The van der Waals surface area contributed by atoms with Crippen LogP contribution in [0, 0.1) is 0 Å². The van der Waals surface area contributed by atoms with Gasteiger partial charge < -0.3 is 14.0 Å². The molecule has 0 unspecified atom stereocenters. The minimum atomic E-state index is -4.26. The van der Waals surface area contributed by atoms with Crippen LogP contribution in [0.15, 0.2) is 70.2 Å². The second kappa shape index (κ2) is 9.83. The molecule has 1 aromatic carbocycles. The molecule has 41 heavy (non-hydrogen) atoms. The van der Waals surface area contributed by atoms with Gasteiger partial charge in [-0.25, -0.2) is 4.98 Å². The fraction of sp³-hybridized carbons (Fsp3) is 0.400. The van der Waals surface area contributed by atoms with Crippen LogP contribution in [0.5, 0.6) is 0 Å². The minimum Gasteiger partial charge on any atom is -0.354 e. The van der Waals surface area contributed by atoms with Gasteiger partial charge in [-0.15, -0.1) is 0 Å². The van der Waals surface area contributed by atoms with E-state index in [-0.39, 0.29) is 35.7 Å². The Morgan fingerprint density at radius 1 is 0.951 bits per heavy atom. The molecule has 3 fully saturated rings. The van der Waals surface area contributed by atoms with E-state index in [2.05, 4.69) is 24.9 Å². The normalized spacial score (nSPS) is 19.0. The monoisotopic (exact) mass is 562 g/mol. The second-order valence-corrected chi connectivity index (χ2v) is 11.2. The van der Waals surface area contributed by atoms with Gasteiger partial charge >= 0.3 is 6.18 Å². The first-order valence-corrected chi connectivity index (χ1v) is 14.0. The lowest BCUT2D eigenvalue weighted by molar-refractivity contribution is -0.160. The zero-order valence-electron chi connectivity index (χ0n) is 22.3. The molecule has 0 spiro atoms. The van der Waals surface area contributed by atoms with Crippen LogP contribution >= 0.6 is 0 Å². The average Bonchev–Trinajstić information content (AvgIpc) is 3.92. The first-order chi connectivity index (χ1) is 19.8. The number of piperazine rings is 1. The Bertz CT molecular complexity index is 1610. The first kappa shape index (κ1) is 25.9. The molecule has 0 bridgehead atoms. The van der Waals surface area contributed by atoms with Crippen molar-refractivity contribution in [2.24, 2.45) is 0 Å². The Morgan fingerprint density at radius 2 is 1.68 bits per heavy atom. The molecule has 1 saturated heterocycles. The van der Waals surface area contributed by atoms with E-state index >= 15 is 0 Å². The van der Waals surface area contributed by atoms with Gasteiger partial charge in [0.25, 0.3) is 11.4 Å². The summed E-state index contributed by atoms with van der Waals surface area (Å²) in [5.74, 6) is 1.40. The summed E-state index contributed by atoms with van der Waals surface area (Å²) in [7, 11) is 0. The summed E-state index contributed by atoms with van der Waals surface area (Å²) < 4.78 is 47.5. The predicted octanol–water partition coefficient (Wildman–Crippen LogP) is 4.89. The van der Waals surface area contributed by atoms with Crippen molar-refractivity contribution in [3.05, 3.63) is 82.4 Å². The van der Waals surface area contributed by atoms with Gasteiger partial charge in [0.1, 0.15) is 5.82 Å². The van der Waals surface area contributed by atoms with Gasteiger partial charge in [-0.3, -0.25) is 9.69 Å². The minimum absolute atomic E-state index is 0.107. The molecular formula is C30H29F3N6O2. The maximum Gasteiger partial charge on any atom is 0.398 e. The van der Waals surface area contributed by atoms with Crippen molar-refractivity contribution in [3.63, 3.8) is 0 Å². The molecule has 0 radical (unpaired) electrons. The summed E-state index contributed by atoms with van der Waals surface area (Å²) >= 11 is 0. The largest absolute Gasteiger partial charge is 0.398 e. The number of halogens is 3. The van der Waals surface area contributed by atoms with Crippen molar-refractivity contribution in [3.8, 4) is 22.8 Å². The molecule has 7 rings (SSSR count).